The maximum absolute atomic E-state index is 4.64. The maximum atomic E-state index is 4.64. The molecule has 162 valence electrons. The molecule has 2 heterocycles. The smallest absolute Gasteiger partial charge is 0.191 e. The van der Waals surface area contributed by atoms with Crippen LogP contribution in [0.4, 0.5) is 0 Å². The molecule has 3 aromatic rings. The van der Waals surface area contributed by atoms with Gasteiger partial charge >= 0.3 is 0 Å². The fraction of sp³-hybridized carbons (Fsp3) is 0.409. The molecule has 0 aliphatic carbocycles. The van der Waals surface area contributed by atoms with Gasteiger partial charge in [0.1, 0.15) is 0 Å². The third-order valence-corrected chi connectivity index (χ3v) is 5.10. The number of halogens is 1. The Labute approximate surface area is 196 Å². The van der Waals surface area contributed by atoms with Crippen molar-refractivity contribution >= 4 is 29.9 Å². The predicted molar refractivity (Wildman–Crippen MR) is 133 cm³/mol. The summed E-state index contributed by atoms with van der Waals surface area (Å²) in [6, 6.07) is 10.4. The highest BCUT2D eigenvalue weighted by Crippen LogP contribution is 2.15. The number of nitrogens with one attached hydrogen (secondary N) is 2. The molecule has 0 unspecified atom stereocenters. The Bertz CT molecular complexity index is 927. The molecule has 0 fully saturated rings. The molecule has 0 spiro atoms. The Kier molecular flexibility index (Phi) is 9.35. The molecule has 7 nitrogen and oxygen atoms in total. The molecule has 2 N–H and O–H groups in total. The third kappa shape index (κ3) is 5.84. The summed E-state index contributed by atoms with van der Waals surface area (Å²) >= 11 is 0. The molecule has 0 bridgehead atoms. The lowest BCUT2D eigenvalue weighted by Gasteiger charge is -2.13. The van der Waals surface area contributed by atoms with Crippen LogP contribution in [-0.2, 0) is 32.9 Å². The van der Waals surface area contributed by atoms with Gasteiger partial charge in [0.15, 0.2) is 5.96 Å². The van der Waals surface area contributed by atoms with Crippen molar-refractivity contribution in [3.05, 3.63) is 65.2 Å². The van der Waals surface area contributed by atoms with Crippen LogP contribution in [0, 0.1) is 0 Å². The van der Waals surface area contributed by atoms with E-state index in [9.17, 15) is 0 Å². The molecule has 0 amide bonds. The largest absolute Gasteiger partial charge is 0.356 e. The van der Waals surface area contributed by atoms with Gasteiger partial charge < -0.3 is 10.6 Å². The normalized spacial score (nSPS) is 11.3. The van der Waals surface area contributed by atoms with E-state index >= 15 is 0 Å². The zero-order valence-electron chi connectivity index (χ0n) is 18.2. The average Bonchev–Trinajstić information content (AvgIpc) is 3.38. The second-order valence-corrected chi connectivity index (χ2v) is 6.92. The Balaban J connectivity index is 0.00000320. The van der Waals surface area contributed by atoms with E-state index in [-0.39, 0.29) is 24.0 Å². The Hall–Kier alpha value is -2.36. The van der Waals surface area contributed by atoms with Crippen LogP contribution in [0.3, 0.4) is 0 Å². The molecule has 0 radical (unpaired) electrons. The second kappa shape index (κ2) is 11.7. The molecule has 0 saturated heterocycles. The van der Waals surface area contributed by atoms with Gasteiger partial charge in [0, 0.05) is 50.8 Å². The van der Waals surface area contributed by atoms with Crippen molar-refractivity contribution in [3.8, 4) is 5.69 Å². The van der Waals surface area contributed by atoms with Crippen LogP contribution in [0.2, 0.25) is 0 Å². The van der Waals surface area contributed by atoms with Gasteiger partial charge in [0.25, 0.3) is 0 Å². The quantitative estimate of drug-likeness (QED) is 0.271. The summed E-state index contributed by atoms with van der Waals surface area (Å²) in [5.41, 5.74) is 6.07. The van der Waals surface area contributed by atoms with Gasteiger partial charge in [-0.3, -0.25) is 9.67 Å². The molecular formula is C22H32IN7. The van der Waals surface area contributed by atoms with Crippen molar-refractivity contribution < 1.29 is 0 Å². The number of hydrogen-bond donors (Lipinski definition) is 2. The highest BCUT2D eigenvalue weighted by atomic mass is 127. The molecule has 8 heteroatoms. The highest BCUT2D eigenvalue weighted by molar-refractivity contribution is 14.0. The van der Waals surface area contributed by atoms with Crippen molar-refractivity contribution in [2.24, 2.45) is 12.0 Å². The summed E-state index contributed by atoms with van der Waals surface area (Å²) in [5, 5.41) is 15.7. The van der Waals surface area contributed by atoms with Gasteiger partial charge in [-0.15, -0.1) is 24.0 Å². The maximum Gasteiger partial charge on any atom is 0.191 e. The lowest BCUT2D eigenvalue weighted by molar-refractivity contribution is 0.702. The van der Waals surface area contributed by atoms with Gasteiger partial charge in [-0.1, -0.05) is 26.0 Å². The van der Waals surface area contributed by atoms with Gasteiger partial charge in [0.2, 0.25) is 0 Å². The summed E-state index contributed by atoms with van der Waals surface area (Å²) in [4.78, 5) is 4.36. The minimum atomic E-state index is 0. The van der Waals surface area contributed by atoms with Gasteiger partial charge in [-0.2, -0.15) is 10.2 Å². The van der Waals surface area contributed by atoms with Crippen LogP contribution >= 0.6 is 24.0 Å². The summed E-state index contributed by atoms with van der Waals surface area (Å²) in [7, 11) is 3.82. The topological polar surface area (TPSA) is 72.1 Å². The van der Waals surface area contributed by atoms with E-state index in [0.29, 0.717) is 0 Å². The van der Waals surface area contributed by atoms with Crippen molar-refractivity contribution in [2.45, 2.75) is 39.7 Å². The van der Waals surface area contributed by atoms with E-state index in [1.807, 2.05) is 28.7 Å². The van der Waals surface area contributed by atoms with Crippen molar-refractivity contribution in [2.75, 3.05) is 13.6 Å². The number of guanidine groups is 1. The molecule has 1 aromatic carbocycles. The number of hydrogen-bond acceptors (Lipinski definition) is 3. The first-order valence-electron chi connectivity index (χ1n) is 10.2. The van der Waals surface area contributed by atoms with Crippen molar-refractivity contribution in [1.29, 1.82) is 0 Å². The van der Waals surface area contributed by atoms with Gasteiger partial charge in [-0.05, 0) is 43.0 Å². The number of rotatable bonds is 8. The second-order valence-electron chi connectivity index (χ2n) is 6.92. The Morgan fingerprint density at radius 1 is 1.10 bits per heavy atom. The monoisotopic (exact) mass is 521 g/mol. The van der Waals surface area contributed by atoms with Crippen LogP contribution in [0.15, 0.2) is 47.7 Å². The molecule has 0 aliphatic rings. The number of aromatic nitrogens is 4. The van der Waals surface area contributed by atoms with E-state index < -0.39 is 0 Å². The van der Waals surface area contributed by atoms with Gasteiger partial charge in [0.05, 0.1) is 11.4 Å². The zero-order valence-corrected chi connectivity index (χ0v) is 20.6. The lowest BCUT2D eigenvalue weighted by Crippen LogP contribution is -2.38. The number of benzene rings is 1. The summed E-state index contributed by atoms with van der Waals surface area (Å²) in [6.45, 7) is 5.87. The minimum Gasteiger partial charge on any atom is -0.356 e. The van der Waals surface area contributed by atoms with Gasteiger partial charge in [-0.25, -0.2) is 4.68 Å². The first-order chi connectivity index (χ1) is 14.2. The van der Waals surface area contributed by atoms with Crippen LogP contribution in [0.5, 0.6) is 0 Å². The van der Waals surface area contributed by atoms with Crippen LogP contribution < -0.4 is 10.6 Å². The third-order valence-electron chi connectivity index (χ3n) is 5.10. The highest BCUT2D eigenvalue weighted by Gasteiger charge is 2.13. The first kappa shape index (κ1) is 23.9. The molecule has 3 rings (SSSR count). The Morgan fingerprint density at radius 2 is 1.87 bits per heavy atom. The van der Waals surface area contributed by atoms with E-state index in [1.54, 1.807) is 13.2 Å². The van der Waals surface area contributed by atoms with E-state index in [0.717, 1.165) is 49.7 Å². The number of aryl methyl sites for hydroxylation is 2. The predicted octanol–water partition coefficient (Wildman–Crippen LogP) is 3.26. The summed E-state index contributed by atoms with van der Waals surface area (Å²) in [6.07, 6.45) is 6.57. The van der Waals surface area contributed by atoms with E-state index in [1.165, 1.54) is 16.8 Å². The number of aliphatic imine (C=N–C) groups is 1. The van der Waals surface area contributed by atoms with E-state index in [2.05, 4.69) is 63.9 Å². The molecule has 0 atom stereocenters. The van der Waals surface area contributed by atoms with Crippen LogP contribution in [0.1, 0.15) is 36.4 Å². The standard InChI is InChI=1S/C22H31N7.HI/c1-5-20-19(21(6-2)28(4)27-20)16-25-22(23-3)24-14-12-17-8-10-18(11-9-17)29-15-7-13-26-29;/h7-11,13,15H,5-6,12,14,16H2,1-4H3,(H2,23,24,25);1H. The summed E-state index contributed by atoms with van der Waals surface area (Å²) < 4.78 is 3.86. The first-order valence-corrected chi connectivity index (χ1v) is 10.2. The van der Waals surface area contributed by atoms with E-state index in [4.69, 9.17) is 0 Å². The zero-order chi connectivity index (χ0) is 20.6. The molecule has 30 heavy (non-hydrogen) atoms. The SMILES string of the molecule is CCc1nn(C)c(CC)c1CNC(=NC)NCCc1ccc(-n2cccn2)cc1.I. The fourth-order valence-electron chi connectivity index (χ4n) is 3.55. The van der Waals surface area contributed by atoms with Crippen molar-refractivity contribution in [3.63, 3.8) is 0 Å². The molecule has 0 aliphatic heterocycles. The molecule has 2 aromatic heterocycles. The molecule has 0 saturated carbocycles. The average molecular weight is 521 g/mol. The number of nitrogens with zero attached hydrogens (tertiary/aromatic N) is 5. The van der Waals surface area contributed by atoms with Crippen LogP contribution in [0.25, 0.3) is 5.69 Å². The fourth-order valence-corrected chi connectivity index (χ4v) is 3.55. The van der Waals surface area contributed by atoms with Crippen LogP contribution in [-0.4, -0.2) is 39.1 Å². The summed E-state index contributed by atoms with van der Waals surface area (Å²) in [5.74, 6) is 0.811. The lowest BCUT2D eigenvalue weighted by atomic mass is 10.1. The van der Waals surface area contributed by atoms with Crippen molar-refractivity contribution in [1.82, 2.24) is 30.2 Å². The Morgan fingerprint density at radius 3 is 2.47 bits per heavy atom. The molecular weight excluding hydrogens is 489 g/mol. The minimum absolute atomic E-state index is 0.